The SMILES string of the molecule is Cc1ccc(-c2nnc(NC(=O)c3ccc(CS(=O)(=O)N4CCCCC4)cc3)s2)cc1. The number of nitrogens with one attached hydrogen (secondary N) is 1. The number of hydrogen-bond donors (Lipinski definition) is 1. The number of amides is 1. The number of rotatable bonds is 6. The first-order valence-electron chi connectivity index (χ1n) is 10.2. The molecule has 7 nitrogen and oxygen atoms in total. The van der Waals surface area contributed by atoms with Crippen molar-refractivity contribution in [3.05, 3.63) is 65.2 Å². The minimum atomic E-state index is -3.33. The summed E-state index contributed by atoms with van der Waals surface area (Å²) in [6.45, 7) is 3.20. The van der Waals surface area contributed by atoms with Crippen LogP contribution in [0.2, 0.25) is 0 Å². The Labute approximate surface area is 186 Å². The molecule has 0 bridgehead atoms. The lowest BCUT2D eigenvalue weighted by atomic mass is 10.1. The lowest BCUT2D eigenvalue weighted by Crippen LogP contribution is -2.36. The molecular weight excluding hydrogens is 432 g/mol. The summed E-state index contributed by atoms with van der Waals surface area (Å²) in [4.78, 5) is 12.5. The van der Waals surface area contributed by atoms with Gasteiger partial charge in [-0.25, -0.2) is 12.7 Å². The van der Waals surface area contributed by atoms with Crippen LogP contribution in [-0.2, 0) is 15.8 Å². The van der Waals surface area contributed by atoms with E-state index in [1.54, 1.807) is 28.6 Å². The molecule has 1 aliphatic rings. The number of piperidine rings is 1. The molecule has 1 aliphatic heterocycles. The van der Waals surface area contributed by atoms with Gasteiger partial charge in [-0.15, -0.1) is 10.2 Å². The van der Waals surface area contributed by atoms with Crippen LogP contribution in [0.15, 0.2) is 48.5 Å². The molecule has 0 saturated carbocycles. The highest BCUT2D eigenvalue weighted by Crippen LogP contribution is 2.27. The van der Waals surface area contributed by atoms with Gasteiger partial charge in [-0.3, -0.25) is 10.1 Å². The molecule has 1 aromatic heterocycles. The number of benzene rings is 2. The van der Waals surface area contributed by atoms with Crippen LogP contribution in [0.1, 0.15) is 40.7 Å². The van der Waals surface area contributed by atoms with E-state index in [1.165, 1.54) is 11.3 Å². The zero-order chi connectivity index (χ0) is 21.8. The molecule has 0 radical (unpaired) electrons. The molecule has 0 aliphatic carbocycles. The molecule has 1 fully saturated rings. The molecule has 0 spiro atoms. The van der Waals surface area contributed by atoms with E-state index in [0.29, 0.717) is 29.3 Å². The van der Waals surface area contributed by atoms with Crippen LogP contribution in [0, 0.1) is 6.92 Å². The van der Waals surface area contributed by atoms with Crippen molar-refractivity contribution in [1.82, 2.24) is 14.5 Å². The van der Waals surface area contributed by atoms with Crippen LogP contribution in [0.25, 0.3) is 10.6 Å². The Bertz CT molecular complexity index is 1150. The van der Waals surface area contributed by atoms with Gasteiger partial charge in [-0.1, -0.05) is 59.7 Å². The summed E-state index contributed by atoms with van der Waals surface area (Å²) >= 11 is 1.30. The molecule has 0 unspecified atom stereocenters. The number of sulfonamides is 1. The molecule has 1 amide bonds. The predicted molar refractivity (Wildman–Crippen MR) is 123 cm³/mol. The Morgan fingerprint density at radius 3 is 2.35 bits per heavy atom. The Kier molecular flexibility index (Phi) is 6.45. The molecule has 2 aromatic carbocycles. The van der Waals surface area contributed by atoms with E-state index in [4.69, 9.17) is 0 Å². The van der Waals surface area contributed by atoms with E-state index < -0.39 is 10.0 Å². The minimum Gasteiger partial charge on any atom is -0.296 e. The van der Waals surface area contributed by atoms with Crippen molar-refractivity contribution >= 4 is 32.4 Å². The first-order valence-corrected chi connectivity index (χ1v) is 12.6. The first kappa shape index (κ1) is 21.6. The topological polar surface area (TPSA) is 92.3 Å². The number of nitrogens with zero attached hydrogens (tertiary/aromatic N) is 3. The number of carbonyl (C=O) groups excluding carboxylic acids is 1. The zero-order valence-corrected chi connectivity index (χ0v) is 18.9. The predicted octanol–water partition coefficient (Wildman–Crippen LogP) is 4.08. The maximum absolute atomic E-state index is 12.6. The zero-order valence-electron chi connectivity index (χ0n) is 17.2. The summed E-state index contributed by atoms with van der Waals surface area (Å²) in [5, 5.41) is 12.1. The molecule has 31 heavy (non-hydrogen) atoms. The summed E-state index contributed by atoms with van der Waals surface area (Å²) in [5.41, 5.74) is 3.21. The average Bonchev–Trinajstić information content (AvgIpc) is 3.23. The summed E-state index contributed by atoms with van der Waals surface area (Å²) in [5.74, 6) is -0.359. The van der Waals surface area contributed by atoms with Gasteiger partial charge in [-0.2, -0.15) is 0 Å². The normalized spacial score (nSPS) is 15.0. The van der Waals surface area contributed by atoms with Crippen LogP contribution < -0.4 is 5.32 Å². The lowest BCUT2D eigenvalue weighted by Gasteiger charge is -2.25. The third-order valence-corrected chi connectivity index (χ3v) is 7.96. The van der Waals surface area contributed by atoms with Crippen molar-refractivity contribution < 1.29 is 13.2 Å². The largest absolute Gasteiger partial charge is 0.296 e. The third-order valence-electron chi connectivity index (χ3n) is 5.22. The van der Waals surface area contributed by atoms with Gasteiger partial charge in [0.25, 0.3) is 5.91 Å². The van der Waals surface area contributed by atoms with Crippen molar-refractivity contribution in [2.75, 3.05) is 18.4 Å². The van der Waals surface area contributed by atoms with Gasteiger partial charge in [0.15, 0.2) is 0 Å². The summed E-state index contributed by atoms with van der Waals surface area (Å²) in [7, 11) is -3.33. The van der Waals surface area contributed by atoms with E-state index in [0.717, 1.165) is 35.4 Å². The number of anilines is 1. The van der Waals surface area contributed by atoms with Crippen LogP contribution in [0.4, 0.5) is 5.13 Å². The quantitative estimate of drug-likeness (QED) is 0.603. The van der Waals surface area contributed by atoms with Gasteiger partial charge in [0.05, 0.1) is 5.75 Å². The van der Waals surface area contributed by atoms with E-state index in [-0.39, 0.29) is 11.7 Å². The second kappa shape index (κ2) is 9.25. The average molecular weight is 457 g/mol. The second-order valence-corrected chi connectivity index (χ2v) is 10.6. The Morgan fingerprint density at radius 2 is 1.68 bits per heavy atom. The van der Waals surface area contributed by atoms with Crippen LogP contribution in [0.5, 0.6) is 0 Å². The fraction of sp³-hybridized carbons (Fsp3) is 0.318. The van der Waals surface area contributed by atoms with Crippen molar-refractivity contribution in [3.8, 4) is 10.6 Å². The molecule has 4 rings (SSSR count). The highest BCUT2D eigenvalue weighted by Gasteiger charge is 2.24. The number of carbonyl (C=O) groups is 1. The van der Waals surface area contributed by atoms with Crippen molar-refractivity contribution in [1.29, 1.82) is 0 Å². The fourth-order valence-electron chi connectivity index (χ4n) is 3.45. The molecule has 162 valence electrons. The monoisotopic (exact) mass is 456 g/mol. The molecular formula is C22H24N4O3S2. The standard InChI is InChI=1S/C22H24N4O3S2/c1-16-5-9-19(10-6-16)21-24-25-22(30-21)23-20(27)18-11-7-17(8-12-18)15-31(28,29)26-13-3-2-4-14-26/h5-12H,2-4,13-15H2,1H3,(H,23,25,27). The van der Waals surface area contributed by atoms with Crippen molar-refractivity contribution in [2.45, 2.75) is 31.9 Å². The minimum absolute atomic E-state index is 0.0504. The Morgan fingerprint density at radius 1 is 1.00 bits per heavy atom. The Hall–Kier alpha value is -2.62. The molecule has 1 saturated heterocycles. The molecule has 1 N–H and O–H groups in total. The first-order chi connectivity index (χ1) is 14.9. The van der Waals surface area contributed by atoms with Crippen LogP contribution in [0.3, 0.4) is 0 Å². The van der Waals surface area contributed by atoms with E-state index in [2.05, 4.69) is 15.5 Å². The van der Waals surface area contributed by atoms with E-state index in [1.807, 2.05) is 31.2 Å². The molecule has 2 heterocycles. The smallest absolute Gasteiger partial charge is 0.257 e. The van der Waals surface area contributed by atoms with Gasteiger partial charge in [0.1, 0.15) is 5.01 Å². The van der Waals surface area contributed by atoms with Crippen molar-refractivity contribution in [2.24, 2.45) is 0 Å². The molecule has 3 aromatic rings. The summed E-state index contributed by atoms with van der Waals surface area (Å²) in [6.07, 6.45) is 2.90. The number of aromatic nitrogens is 2. The number of hydrogen-bond acceptors (Lipinski definition) is 6. The lowest BCUT2D eigenvalue weighted by molar-refractivity contribution is 0.102. The fourth-order valence-corrected chi connectivity index (χ4v) is 5.81. The highest BCUT2D eigenvalue weighted by molar-refractivity contribution is 7.88. The maximum Gasteiger partial charge on any atom is 0.257 e. The van der Waals surface area contributed by atoms with E-state index >= 15 is 0 Å². The van der Waals surface area contributed by atoms with Gasteiger partial charge in [0, 0.05) is 24.2 Å². The second-order valence-electron chi connectivity index (χ2n) is 7.65. The molecule has 9 heteroatoms. The Balaban J connectivity index is 1.39. The summed E-state index contributed by atoms with van der Waals surface area (Å²) < 4.78 is 26.7. The van der Waals surface area contributed by atoms with Crippen LogP contribution >= 0.6 is 11.3 Å². The van der Waals surface area contributed by atoms with Gasteiger partial charge in [0.2, 0.25) is 15.2 Å². The third kappa shape index (κ3) is 5.36. The highest BCUT2D eigenvalue weighted by atomic mass is 32.2. The molecule has 0 atom stereocenters. The van der Waals surface area contributed by atoms with Crippen molar-refractivity contribution in [3.63, 3.8) is 0 Å². The number of aryl methyl sites for hydroxylation is 1. The van der Waals surface area contributed by atoms with Gasteiger partial charge < -0.3 is 0 Å². The van der Waals surface area contributed by atoms with E-state index in [9.17, 15) is 13.2 Å². The van der Waals surface area contributed by atoms with Crippen LogP contribution in [-0.4, -0.2) is 41.9 Å². The maximum atomic E-state index is 12.6. The van der Waals surface area contributed by atoms with Gasteiger partial charge >= 0.3 is 0 Å². The van der Waals surface area contributed by atoms with Gasteiger partial charge in [-0.05, 0) is 37.5 Å². The summed E-state index contributed by atoms with van der Waals surface area (Å²) in [6, 6.07) is 14.6.